The van der Waals surface area contributed by atoms with Crippen molar-refractivity contribution in [2.75, 3.05) is 6.54 Å². The molecule has 0 bridgehead atoms. The van der Waals surface area contributed by atoms with Crippen molar-refractivity contribution >= 4 is 22.9 Å². The van der Waals surface area contributed by atoms with Gasteiger partial charge in [-0.2, -0.15) is 5.10 Å². The number of carboxylic acids is 1. The number of nitrogens with zero attached hydrogens (tertiary/aromatic N) is 4. The van der Waals surface area contributed by atoms with Gasteiger partial charge in [-0.1, -0.05) is 0 Å². The molecule has 3 heterocycles. The van der Waals surface area contributed by atoms with Crippen LogP contribution in [0, 0.1) is 19.8 Å². The average molecular weight is 330 g/mol. The third-order valence-corrected chi connectivity index (χ3v) is 4.91. The van der Waals surface area contributed by atoms with E-state index in [1.165, 1.54) is 0 Å². The van der Waals surface area contributed by atoms with Crippen LogP contribution in [0.5, 0.6) is 0 Å². The fourth-order valence-electron chi connectivity index (χ4n) is 3.39. The molecule has 0 saturated carbocycles. The number of amides is 1. The number of likely N-dealkylation sites (tertiary alicyclic amines) is 1. The van der Waals surface area contributed by atoms with Gasteiger partial charge < -0.3 is 10.0 Å². The van der Waals surface area contributed by atoms with Gasteiger partial charge in [-0.05, 0) is 39.7 Å². The van der Waals surface area contributed by atoms with Crippen LogP contribution in [0.2, 0.25) is 0 Å². The number of fused-ring (bicyclic) bond motifs is 1. The molecule has 1 N–H and O–H groups in total. The first-order chi connectivity index (χ1) is 11.3. The van der Waals surface area contributed by atoms with Crippen LogP contribution >= 0.6 is 0 Å². The number of aromatic nitrogens is 3. The lowest BCUT2D eigenvalue weighted by Gasteiger charge is -2.36. The van der Waals surface area contributed by atoms with Gasteiger partial charge in [-0.25, -0.2) is 4.98 Å². The Labute approximate surface area is 140 Å². The Balaban J connectivity index is 1.99. The van der Waals surface area contributed by atoms with E-state index in [-0.39, 0.29) is 18.5 Å². The summed E-state index contributed by atoms with van der Waals surface area (Å²) in [5, 5.41) is 14.5. The Hall–Kier alpha value is -2.44. The lowest BCUT2D eigenvalue weighted by Crippen LogP contribution is -2.47. The molecule has 2 aromatic rings. The Morgan fingerprint density at radius 2 is 1.96 bits per heavy atom. The topological polar surface area (TPSA) is 88.3 Å². The van der Waals surface area contributed by atoms with Crippen molar-refractivity contribution in [2.24, 2.45) is 13.0 Å². The van der Waals surface area contributed by atoms with Gasteiger partial charge in [0.25, 0.3) is 5.91 Å². The van der Waals surface area contributed by atoms with Crippen molar-refractivity contribution in [3.05, 3.63) is 23.0 Å². The minimum Gasteiger partial charge on any atom is -0.481 e. The van der Waals surface area contributed by atoms with Gasteiger partial charge in [0.1, 0.15) is 0 Å². The van der Waals surface area contributed by atoms with Gasteiger partial charge >= 0.3 is 5.97 Å². The maximum Gasteiger partial charge on any atom is 0.308 e. The molecule has 1 saturated heterocycles. The van der Waals surface area contributed by atoms with E-state index in [0.717, 1.165) is 16.7 Å². The minimum atomic E-state index is -0.840. The number of pyridine rings is 1. The number of aryl methyl sites for hydroxylation is 3. The molecular formula is C17H22N4O3. The predicted octanol–water partition coefficient (Wildman–Crippen LogP) is 1.91. The summed E-state index contributed by atoms with van der Waals surface area (Å²) in [5.41, 5.74) is 2.73. The summed E-state index contributed by atoms with van der Waals surface area (Å²) in [6, 6.07) is 1.86. The standard InChI is InChI=1S/C17H22N4O3/c1-9-5-6-12(17(23)24)8-21(9)16(22)14-7-13-11(3)19-20(4)15(13)18-10(14)2/h7,9,12H,5-6,8H2,1-4H3,(H,23,24). The molecule has 1 fully saturated rings. The minimum absolute atomic E-state index is 0.0261. The van der Waals surface area contributed by atoms with E-state index in [2.05, 4.69) is 10.1 Å². The third kappa shape index (κ3) is 2.64. The van der Waals surface area contributed by atoms with Crippen LogP contribution in [-0.4, -0.2) is 49.2 Å². The Morgan fingerprint density at radius 1 is 1.25 bits per heavy atom. The van der Waals surface area contributed by atoms with Crippen LogP contribution in [-0.2, 0) is 11.8 Å². The number of aliphatic carboxylic acids is 1. The first-order valence-corrected chi connectivity index (χ1v) is 8.14. The van der Waals surface area contributed by atoms with E-state index in [0.29, 0.717) is 24.1 Å². The SMILES string of the molecule is Cc1nc2c(cc1C(=O)N1CC(C(=O)O)CCC1C)c(C)nn2C. The van der Waals surface area contributed by atoms with Crippen LogP contribution in [0.4, 0.5) is 0 Å². The first kappa shape index (κ1) is 16.4. The molecule has 0 aliphatic carbocycles. The Bertz CT molecular complexity index is 827. The zero-order valence-electron chi connectivity index (χ0n) is 14.4. The number of carbonyl (C=O) groups excluding carboxylic acids is 1. The molecule has 2 atom stereocenters. The molecule has 0 aromatic carbocycles. The van der Waals surface area contributed by atoms with Crippen molar-refractivity contribution < 1.29 is 14.7 Å². The van der Waals surface area contributed by atoms with Crippen LogP contribution in [0.15, 0.2) is 6.07 Å². The second-order valence-electron chi connectivity index (χ2n) is 6.62. The molecular weight excluding hydrogens is 308 g/mol. The van der Waals surface area contributed by atoms with Crippen LogP contribution in [0.1, 0.15) is 41.5 Å². The van der Waals surface area contributed by atoms with Crippen LogP contribution < -0.4 is 0 Å². The zero-order chi connectivity index (χ0) is 17.6. The molecule has 2 unspecified atom stereocenters. The largest absolute Gasteiger partial charge is 0.481 e. The molecule has 24 heavy (non-hydrogen) atoms. The van der Waals surface area contributed by atoms with Crippen molar-refractivity contribution in [2.45, 2.75) is 39.7 Å². The molecule has 0 radical (unpaired) electrons. The van der Waals surface area contributed by atoms with Crippen LogP contribution in [0.3, 0.4) is 0 Å². The van der Waals surface area contributed by atoms with E-state index in [9.17, 15) is 14.7 Å². The molecule has 1 aliphatic heterocycles. The van der Waals surface area contributed by atoms with E-state index in [4.69, 9.17) is 0 Å². The lowest BCUT2D eigenvalue weighted by molar-refractivity contribution is -0.143. The molecule has 2 aromatic heterocycles. The number of hydrogen-bond donors (Lipinski definition) is 1. The van der Waals surface area contributed by atoms with E-state index >= 15 is 0 Å². The van der Waals surface area contributed by atoms with E-state index in [1.54, 1.807) is 16.5 Å². The van der Waals surface area contributed by atoms with E-state index < -0.39 is 11.9 Å². The zero-order valence-corrected chi connectivity index (χ0v) is 14.4. The fourth-order valence-corrected chi connectivity index (χ4v) is 3.39. The smallest absolute Gasteiger partial charge is 0.308 e. The first-order valence-electron chi connectivity index (χ1n) is 8.14. The summed E-state index contributed by atoms with van der Waals surface area (Å²) in [7, 11) is 1.83. The van der Waals surface area contributed by atoms with Gasteiger partial charge in [-0.3, -0.25) is 14.3 Å². The molecule has 128 valence electrons. The Kier molecular flexibility index (Phi) is 4.03. The highest BCUT2D eigenvalue weighted by molar-refractivity contribution is 5.99. The van der Waals surface area contributed by atoms with Crippen molar-refractivity contribution in [3.8, 4) is 0 Å². The molecule has 3 rings (SSSR count). The van der Waals surface area contributed by atoms with Crippen molar-refractivity contribution in [1.29, 1.82) is 0 Å². The van der Waals surface area contributed by atoms with Gasteiger partial charge in [0.2, 0.25) is 0 Å². The number of rotatable bonds is 2. The maximum atomic E-state index is 13.0. The summed E-state index contributed by atoms with van der Waals surface area (Å²) in [5.74, 6) is -1.49. The average Bonchev–Trinajstić information content (AvgIpc) is 2.80. The summed E-state index contributed by atoms with van der Waals surface area (Å²) in [4.78, 5) is 30.5. The van der Waals surface area contributed by atoms with Crippen molar-refractivity contribution in [3.63, 3.8) is 0 Å². The number of piperidine rings is 1. The lowest BCUT2D eigenvalue weighted by atomic mass is 9.92. The summed E-state index contributed by atoms with van der Waals surface area (Å²) in [6.45, 7) is 5.90. The highest BCUT2D eigenvalue weighted by Gasteiger charge is 2.33. The fraction of sp³-hybridized carbons (Fsp3) is 0.529. The normalized spacial score (nSPS) is 21.2. The second-order valence-corrected chi connectivity index (χ2v) is 6.62. The molecule has 7 heteroatoms. The second kappa shape index (κ2) is 5.89. The predicted molar refractivity (Wildman–Crippen MR) is 88.8 cm³/mol. The molecule has 1 amide bonds. The summed E-state index contributed by atoms with van der Waals surface area (Å²) >= 11 is 0. The van der Waals surface area contributed by atoms with Gasteiger partial charge in [-0.15, -0.1) is 0 Å². The van der Waals surface area contributed by atoms with Gasteiger partial charge in [0.15, 0.2) is 5.65 Å². The third-order valence-electron chi connectivity index (χ3n) is 4.91. The maximum absolute atomic E-state index is 13.0. The van der Waals surface area contributed by atoms with Crippen molar-refractivity contribution in [1.82, 2.24) is 19.7 Å². The Morgan fingerprint density at radius 3 is 2.62 bits per heavy atom. The van der Waals surface area contributed by atoms with Gasteiger partial charge in [0.05, 0.1) is 22.9 Å². The quantitative estimate of drug-likeness (QED) is 0.908. The van der Waals surface area contributed by atoms with E-state index in [1.807, 2.05) is 27.0 Å². The number of carbonyl (C=O) groups is 2. The highest BCUT2D eigenvalue weighted by atomic mass is 16.4. The summed E-state index contributed by atoms with van der Waals surface area (Å²) < 4.78 is 1.70. The number of hydrogen-bond acceptors (Lipinski definition) is 4. The monoisotopic (exact) mass is 330 g/mol. The summed E-state index contributed by atoms with van der Waals surface area (Å²) in [6.07, 6.45) is 1.31. The van der Waals surface area contributed by atoms with Crippen LogP contribution in [0.25, 0.3) is 11.0 Å². The molecule has 7 nitrogen and oxygen atoms in total. The molecule has 0 spiro atoms. The number of carboxylic acid groups (broad SMARTS) is 1. The van der Waals surface area contributed by atoms with Gasteiger partial charge in [0, 0.05) is 25.0 Å². The molecule has 1 aliphatic rings. The highest BCUT2D eigenvalue weighted by Crippen LogP contribution is 2.26.